The van der Waals surface area contributed by atoms with Gasteiger partial charge in [-0.2, -0.15) is 0 Å². The molecule has 0 aromatic carbocycles. The molecule has 0 spiro atoms. The highest BCUT2D eigenvalue weighted by molar-refractivity contribution is 5.83. The number of allylic oxidation sites excluding steroid dienone is 1. The Kier molecular flexibility index (Phi) is 2.83. The van der Waals surface area contributed by atoms with Crippen molar-refractivity contribution < 1.29 is 4.79 Å². The van der Waals surface area contributed by atoms with Gasteiger partial charge in [-0.05, 0) is 25.3 Å². The first kappa shape index (κ1) is 8.47. The molecule has 62 valence electrons. The van der Waals surface area contributed by atoms with Crippen LogP contribution in [0.1, 0.15) is 19.3 Å². The van der Waals surface area contributed by atoms with Crippen LogP contribution in [0.5, 0.6) is 0 Å². The van der Waals surface area contributed by atoms with E-state index in [2.05, 4.69) is 6.58 Å². The molecular formula is C9H15NO. The van der Waals surface area contributed by atoms with Crippen molar-refractivity contribution in [3.05, 3.63) is 12.7 Å². The highest BCUT2D eigenvalue weighted by Gasteiger charge is 2.40. The largest absolute Gasteiger partial charge is 0.330 e. The Morgan fingerprint density at radius 2 is 2.45 bits per heavy atom. The third-order valence-electron chi connectivity index (χ3n) is 2.23. The maximum Gasteiger partial charge on any atom is 0.136 e. The van der Waals surface area contributed by atoms with Crippen LogP contribution in [0.15, 0.2) is 12.7 Å². The Balaban J connectivity index is 2.17. The monoisotopic (exact) mass is 153 g/mol. The number of Topliss-reactive ketones (excluding diaryl/α,β-unsaturated/α-hetero) is 1. The van der Waals surface area contributed by atoms with Gasteiger partial charge in [-0.3, -0.25) is 4.79 Å². The molecule has 0 aliphatic heterocycles. The van der Waals surface area contributed by atoms with Gasteiger partial charge in [0.05, 0.1) is 0 Å². The second-order valence-electron chi connectivity index (χ2n) is 3.13. The Morgan fingerprint density at radius 3 is 2.91 bits per heavy atom. The average molecular weight is 153 g/mol. The van der Waals surface area contributed by atoms with Crippen LogP contribution < -0.4 is 5.73 Å². The third kappa shape index (κ3) is 2.15. The number of hydrogen-bond donors (Lipinski definition) is 1. The first-order valence-electron chi connectivity index (χ1n) is 4.13. The van der Waals surface area contributed by atoms with E-state index in [4.69, 9.17) is 5.73 Å². The van der Waals surface area contributed by atoms with E-state index in [1.807, 2.05) is 0 Å². The molecule has 1 saturated carbocycles. The number of ketones is 1. The number of hydrogen-bond acceptors (Lipinski definition) is 2. The molecule has 0 saturated heterocycles. The van der Waals surface area contributed by atoms with Crippen molar-refractivity contribution in [1.82, 2.24) is 0 Å². The summed E-state index contributed by atoms with van der Waals surface area (Å²) >= 11 is 0. The van der Waals surface area contributed by atoms with Crippen LogP contribution in [0, 0.1) is 11.8 Å². The molecule has 1 aliphatic carbocycles. The van der Waals surface area contributed by atoms with Gasteiger partial charge in [0, 0.05) is 12.3 Å². The maximum atomic E-state index is 11.2. The zero-order valence-electron chi connectivity index (χ0n) is 6.75. The minimum atomic E-state index is 0.292. The number of nitrogens with two attached hydrogens (primary N) is 1. The SMILES string of the molecule is C=CCCC(=O)[C@H]1C[C@H]1CN. The van der Waals surface area contributed by atoms with E-state index < -0.39 is 0 Å². The molecule has 0 aromatic heterocycles. The van der Waals surface area contributed by atoms with E-state index in [-0.39, 0.29) is 0 Å². The van der Waals surface area contributed by atoms with Crippen molar-refractivity contribution in [3.63, 3.8) is 0 Å². The zero-order valence-corrected chi connectivity index (χ0v) is 6.75. The van der Waals surface area contributed by atoms with Crippen molar-refractivity contribution in [2.45, 2.75) is 19.3 Å². The van der Waals surface area contributed by atoms with E-state index in [9.17, 15) is 4.79 Å². The Labute approximate surface area is 67.5 Å². The molecule has 1 fully saturated rings. The van der Waals surface area contributed by atoms with Crippen LogP contribution in [0.25, 0.3) is 0 Å². The molecule has 11 heavy (non-hydrogen) atoms. The molecule has 0 unspecified atom stereocenters. The van der Waals surface area contributed by atoms with Crippen LogP contribution in [0.4, 0.5) is 0 Å². The lowest BCUT2D eigenvalue weighted by atomic mass is 10.1. The molecule has 0 aromatic rings. The minimum Gasteiger partial charge on any atom is -0.330 e. The van der Waals surface area contributed by atoms with E-state index >= 15 is 0 Å². The number of carbonyl (C=O) groups excluding carboxylic acids is 1. The molecular weight excluding hydrogens is 138 g/mol. The molecule has 2 nitrogen and oxygen atoms in total. The molecule has 0 heterocycles. The van der Waals surface area contributed by atoms with Crippen molar-refractivity contribution in [1.29, 1.82) is 0 Å². The number of rotatable bonds is 5. The highest BCUT2D eigenvalue weighted by atomic mass is 16.1. The van der Waals surface area contributed by atoms with Crippen LogP contribution in [-0.2, 0) is 4.79 Å². The van der Waals surface area contributed by atoms with Crippen LogP contribution in [0.3, 0.4) is 0 Å². The molecule has 1 aliphatic rings. The quantitative estimate of drug-likeness (QED) is 0.601. The summed E-state index contributed by atoms with van der Waals surface area (Å²) in [5.74, 6) is 1.16. The van der Waals surface area contributed by atoms with Gasteiger partial charge in [-0.15, -0.1) is 6.58 Å². The van der Waals surface area contributed by atoms with Gasteiger partial charge < -0.3 is 5.73 Å². The summed E-state index contributed by atoms with van der Waals surface area (Å²) < 4.78 is 0. The molecule has 2 atom stereocenters. The summed E-state index contributed by atoms with van der Waals surface area (Å²) in [6.45, 7) is 4.25. The predicted octanol–water partition coefficient (Wildman–Crippen LogP) is 1.12. The summed E-state index contributed by atoms with van der Waals surface area (Å²) in [5.41, 5.74) is 5.42. The lowest BCUT2D eigenvalue weighted by Crippen LogP contribution is -2.08. The van der Waals surface area contributed by atoms with E-state index in [0.29, 0.717) is 30.6 Å². The van der Waals surface area contributed by atoms with Gasteiger partial charge in [0.15, 0.2) is 0 Å². The summed E-state index contributed by atoms with van der Waals surface area (Å²) in [4.78, 5) is 11.2. The Hall–Kier alpha value is -0.630. The molecule has 2 N–H and O–H groups in total. The zero-order chi connectivity index (χ0) is 8.27. The van der Waals surface area contributed by atoms with Crippen molar-refractivity contribution >= 4 is 5.78 Å². The predicted molar refractivity (Wildman–Crippen MR) is 45.1 cm³/mol. The van der Waals surface area contributed by atoms with Crippen LogP contribution >= 0.6 is 0 Å². The van der Waals surface area contributed by atoms with Gasteiger partial charge in [-0.1, -0.05) is 6.08 Å². The first-order chi connectivity index (χ1) is 5.29. The topological polar surface area (TPSA) is 43.1 Å². The first-order valence-corrected chi connectivity index (χ1v) is 4.13. The van der Waals surface area contributed by atoms with E-state index in [1.165, 1.54) is 0 Å². The molecule has 0 bridgehead atoms. The van der Waals surface area contributed by atoms with Gasteiger partial charge in [0.25, 0.3) is 0 Å². The third-order valence-corrected chi connectivity index (χ3v) is 2.23. The summed E-state index contributed by atoms with van der Waals surface area (Å²) in [6, 6.07) is 0. The lowest BCUT2D eigenvalue weighted by Gasteiger charge is -1.94. The summed E-state index contributed by atoms with van der Waals surface area (Å²) in [6.07, 6.45) is 4.28. The Morgan fingerprint density at radius 1 is 1.73 bits per heavy atom. The van der Waals surface area contributed by atoms with Gasteiger partial charge in [0.2, 0.25) is 0 Å². The summed E-state index contributed by atoms with van der Waals surface area (Å²) in [7, 11) is 0. The summed E-state index contributed by atoms with van der Waals surface area (Å²) in [5, 5.41) is 0. The van der Waals surface area contributed by atoms with E-state index in [1.54, 1.807) is 6.08 Å². The standard InChI is InChI=1S/C9H15NO/c1-2-3-4-9(11)8-5-7(8)6-10/h2,7-8H,1,3-6,10H2/t7-,8-/m0/s1. The van der Waals surface area contributed by atoms with Gasteiger partial charge in [-0.25, -0.2) is 0 Å². The van der Waals surface area contributed by atoms with Crippen molar-refractivity contribution in [2.75, 3.05) is 6.54 Å². The van der Waals surface area contributed by atoms with E-state index in [0.717, 1.165) is 12.8 Å². The highest BCUT2D eigenvalue weighted by Crippen LogP contribution is 2.38. The second kappa shape index (κ2) is 3.67. The molecule has 1 rings (SSSR count). The number of carbonyl (C=O) groups is 1. The lowest BCUT2D eigenvalue weighted by molar-refractivity contribution is -0.120. The smallest absolute Gasteiger partial charge is 0.136 e. The second-order valence-corrected chi connectivity index (χ2v) is 3.13. The van der Waals surface area contributed by atoms with Crippen molar-refractivity contribution in [3.8, 4) is 0 Å². The van der Waals surface area contributed by atoms with Crippen LogP contribution in [0.2, 0.25) is 0 Å². The fourth-order valence-corrected chi connectivity index (χ4v) is 1.33. The maximum absolute atomic E-state index is 11.2. The fourth-order valence-electron chi connectivity index (χ4n) is 1.33. The molecule has 2 heteroatoms. The normalized spacial score (nSPS) is 28.1. The average Bonchev–Trinajstić information content (AvgIpc) is 2.78. The van der Waals surface area contributed by atoms with Crippen molar-refractivity contribution in [2.24, 2.45) is 17.6 Å². The van der Waals surface area contributed by atoms with Gasteiger partial charge >= 0.3 is 0 Å². The van der Waals surface area contributed by atoms with Crippen LogP contribution in [-0.4, -0.2) is 12.3 Å². The van der Waals surface area contributed by atoms with Gasteiger partial charge in [0.1, 0.15) is 5.78 Å². The fraction of sp³-hybridized carbons (Fsp3) is 0.667. The minimum absolute atomic E-state index is 0.292. The molecule has 0 radical (unpaired) electrons. The molecule has 0 amide bonds. The Bertz CT molecular complexity index is 165.